The number of aromatic carboxylic acids is 1. The molecule has 0 saturated heterocycles. The monoisotopic (exact) mass is 588 g/mol. The van der Waals surface area contributed by atoms with Crippen molar-refractivity contribution in [2.24, 2.45) is 0 Å². The summed E-state index contributed by atoms with van der Waals surface area (Å²) >= 11 is 17.3. The van der Waals surface area contributed by atoms with Gasteiger partial charge in [-0.05, 0) is 67.1 Å². The minimum Gasteiger partial charge on any atom is -0.493 e. The van der Waals surface area contributed by atoms with Crippen molar-refractivity contribution >= 4 is 46.0 Å². The number of aromatic amines is 1. The van der Waals surface area contributed by atoms with Crippen molar-refractivity contribution in [1.82, 2.24) is 20.0 Å². The van der Waals surface area contributed by atoms with Crippen LogP contribution in [0.15, 0.2) is 54.7 Å². The number of rotatable bonds is 7. The number of carboxylic acids is 1. The SMILES string of the molecule is Cc1c(C(=O)O)nn(-c2ccc(Cl)cc2Cl)c1-c1ccc(OCCC(F)(F)F)cc1.O=C(Cl)c1ccn[nH]1. The maximum atomic E-state index is 12.3. The van der Waals surface area contributed by atoms with Crippen LogP contribution in [0.2, 0.25) is 10.0 Å². The van der Waals surface area contributed by atoms with Crippen molar-refractivity contribution in [3.05, 3.63) is 81.7 Å². The van der Waals surface area contributed by atoms with Crippen molar-refractivity contribution < 1.29 is 32.6 Å². The number of hydrogen-bond acceptors (Lipinski definition) is 5. The molecule has 14 heteroatoms. The molecule has 2 aromatic carbocycles. The van der Waals surface area contributed by atoms with Crippen molar-refractivity contribution in [2.45, 2.75) is 19.5 Å². The van der Waals surface area contributed by atoms with Crippen LogP contribution in [0.25, 0.3) is 16.9 Å². The Kier molecular flexibility index (Phi) is 9.42. The summed E-state index contributed by atoms with van der Waals surface area (Å²) in [6.07, 6.45) is -3.89. The van der Waals surface area contributed by atoms with Crippen molar-refractivity contribution in [1.29, 1.82) is 0 Å². The Morgan fingerprint density at radius 3 is 2.29 bits per heavy atom. The Bertz CT molecular complexity index is 1420. The Morgan fingerprint density at radius 2 is 1.79 bits per heavy atom. The second-order valence-electron chi connectivity index (χ2n) is 7.62. The van der Waals surface area contributed by atoms with Gasteiger partial charge in [0, 0.05) is 22.3 Å². The third-order valence-corrected chi connectivity index (χ3v) is 5.70. The number of aromatic nitrogens is 4. The number of H-pyrrole nitrogens is 1. The van der Waals surface area contributed by atoms with Gasteiger partial charge in [-0.2, -0.15) is 23.4 Å². The number of halogens is 6. The number of nitrogens with zero attached hydrogens (tertiary/aromatic N) is 3. The summed E-state index contributed by atoms with van der Waals surface area (Å²) in [5.41, 5.74) is 2.06. The number of nitrogens with one attached hydrogen (secondary N) is 1. The summed E-state index contributed by atoms with van der Waals surface area (Å²) in [5.74, 6) is -0.945. The van der Waals surface area contributed by atoms with Crippen LogP contribution >= 0.6 is 34.8 Å². The second kappa shape index (κ2) is 12.3. The molecule has 0 bridgehead atoms. The average molecular weight is 590 g/mol. The first kappa shape index (κ1) is 29.0. The first-order valence-electron chi connectivity index (χ1n) is 10.6. The van der Waals surface area contributed by atoms with E-state index in [1.54, 1.807) is 31.2 Å². The van der Waals surface area contributed by atoms with Crippen molar-refractivity contribution in [2.75, 3.05) is 6.61 Å². The number of benzene rings is 2. The Balaban J connectivity index is 0.000000427. The third kappa shape index (κ3) is 7.50. The van der Waals surface area contributed by atoms with E-state index in [9.17, 15) is 27.9 Å². The van der Waals surface area contributed by atoms with Gasteiger partial charge in [-0.3, -0.25) is 9.89 Å². The van der Waals surface area contributed by atoms with Gasteiger partial charge in [0.1, 0.15) is 11.4 Å². The molecule has 0 spiro atoms. The zero-order valence-corrected chi connectivity index (χ0v) is 21.7. The zero-order valence-electron chi connectivity index (χ0n) is 19.4. The lowest BCUT2D eigenvalue weighted by Crippen LogP contribution is -2.12. The summed E-state index contributed by atoms with van der Waals surface area (Å²) in [4.78, 5) is 21.8. The molecule has 4 aromatic rings. The summed E-state index contributed by atoms with van der Waals surface area (Å²) in [6.45, 7) is 1.11. The smallest absolute Gasteiger partial charge is 0.392 e. The summed E-state index contributed by atoms with van der Waals surface area (Å²) in [6, 6.07) is 12.5. The lowest BCUT2D eigenvalue weighted by molar-refractivity contribution is -0.139. The van der Waals surface area contributed by atoms with Crippen LogP contribution in [0.1, 0.15) is 33.0 Å². The summed E-state index contributed by atoms with van der Waals surface area (Å²) in [7, 11) is 0. The van der Waals surface area contributed by atoms with Gasteiger partial charge in [-0.15, -0.1) is 0 Å². The molecule has 2 aromatic heterocycles. The molecule has 0 aliphatic rings. The van der Waals surface area contributed by atoms with E-state index in [0.29, 0.717) is 33.2 Å². The minimum atomic E-state index is -4.30. The lowest BCUT2D eigenvalue weighted by atomic mass is 10.1. The molecule has 200 valence electrons. The molecular weight excluding hydrogens is 572 g/mol. The van der Waals surface area contributed by atoms with Gasteiger partial charge in [0.05, 0.1) is 29.4 Å². The van der Waals surface area contributed by atoms with E-state index >= 15 is 0 Å². The normalized spacial score (nSPS) is 11.0. The Labute approximate surface area is 228 Å². The number of carboxylic acid groups (broad SMARTS) is 1. The maximum Gasteiger partial charge on any atom is 0.392 e. The lowest BCUT2D eigenvalue weighted by Gasteiger charge is -2.12. The van der Waals surface area contributed by atoms with Crippen molar-refractivity contribution in [3.63, 3.8) is 0 Å². The van der Waals surface area contributed by atoms with Gasteiger partial charge < -0.3 is 9.84 Å². The van der Waals surface area contributed by atoms with Crippen LogP contribution in [0, 0.1) is 6.92 Å². The van der Waals surface area contributed by atoms with E-state index in [-0.39, 0.29) is 16.5 Å². The first-order valence-corrected chi connectivity index (χ1v) is 11.8. The van der Waals surface area contributed by atoms with Crippen LogP contribution < -0.4 is 4.74 Å². The van der Waals surface area contributed by atoms with Gasteiger partial charge in [-0.1, -0.05) is 23.2 Å². The highest BCUT2D eigenvalue weighted by atomic mass is 35.5. The molecule has 38 heavy (non-hydrogen) atoms. The fourth-order valence-electron chi connectivity index (χ4n) is 3.22. The van der Waals surface area contributed by atoms with Crippen LogP contribution in [0.4, 0.5) is 13.2 Å². The third-order valence-electron chi connectivity index (χ3n) is 4.96. The first-order chi connectivity index (χ1) is 17.9. The molecule has 0 radical (unpaired) electrons. The van der Waals surface area contributed by atoms with Gasteiger partial charge in [0.25, 0.3) is 5.24 Å². The van der Waals surface area contributed by atoms with Gasteiger partial charge in [0.2, 0.25) is 0 Å². The molecule has 0 saturated carbocycles. The van der Waals surface area contributed by atoms with Crippen LogP contribution in [-0.4, -0.2) is 49.1 Å². The van der Waals surface area contributed by atoms with E-state index in [0.717, 1.165) is 0 Å². The van der Waals surface area contributed by atoms with E-state index in [4.69, 9.17) is 39.5 Å². The molecule has 4 rings (SSSR count). The van der Waals surface area contributed by atoms with E-state index in [2.05, 4.69) is 15.3 Å². The molecule has 0 amide bonds. The highest BCUT2D eigenvalue weighted by Crippen LogP contribution is 2.33. The second-order valence-corrected chi connectivity index (χ2v) is 8.80. The Hall–Kier alpha value is -3.54. The average Bonchev–Trinajstić information content (AvgIpc) is 3.48. The molecule has 0 aliphatic carbocycles. The van der Waals surface area contributed by atoms with Crippen molar-refractivity contribution in [3.8, 4) is 22.7 Å². The molecule has 0 atom stereocenters. The number of hydrogen-bond donors (Lipinski definition) is 2. The number of alkyl halides is 3. The highest BCUT2D eigenvalue weighted by molar-refractivity contribution is 6.67. The van der Waals surface area contributed by atoms with Gasteiger partial charge in [0.15, 0.2) is 5.69 Å². The van der Waals surface area contributed by atoms with Gasteiger partial charge in [-0.25, -0.2) is 9.48 Å². The molecule has 8 nitrogen and oxygen atoms in total. The quantitative estimate of drug-likeness (QED) is 0.225. The Morgan fingerprint density at radius 1 is 1.11 bits per heavy atom. The van der Waals surface area contributed by atoms with Crippen LogP contribution in [-0.2, 0) is 0 Å². The number of ether oxygens (including phenoxy) is 1. The zero-order chi connectivity index (χ0) is 28.0. The standard InChI is InChI=1S/C20H15Cl2F3N2O3.C4H3ClN2O/c1-11-17(19(28)29)26-27(16-7-4-13(21)10-15(16)22)18(11)12-2-5-14(6-3-12)30-9-8-20(23,24)25;5-4(8)3-1-2-6-7-3/h2-7,10H,8-9H2,1H3,(H,28,29);1-2H,(H,6,7). The highest BCUT2D eigenvalue weighted by Gasteiger charge is 2.27. The van der Waals surface area contributed by atoms with E-state index in [1.807, 2.05) is 0 Å². The predicted molar refractivity (Wildman–Crippen MR) is 136 cm³/mol. The van der Waals surface area contributed by atoms with E-state index < -0.39 is 30.4 Å². The number of carbonyl (C=O) groups is 2. The molecule has 0 fully saturated rings. The summed E-state index contributed by atoms with van der Waals surface area (Å²) in [5, 5.41) is 19.7. The molecular formula is C24H18Cl3F3N4O4. The molecule has 0 aliphatic heterocycles. The maximum absolute atomic E-state index is 12.3. The van der Waals surface area contributed by atoms with Crippen LogP contribution in [0.3, 0.4) is 0 Å². The number of carbonyl (C=O) groups excluding carboxylic acids is 1. The fraction of sp³-hybridized carbons (Fsp3) is 0.167. The van der Waals surface area contributed by atoms with Crippen LogP contribution in [0.5, 0.6) is 5.75 Å². The fourth-order valence-corrected chi connectivity index (χ4v) is 3.82. The summed E-state index contributed by atoms with van der Waals surface area (Å²) < 4.78 is 43.3. The predicted octanol–water partition coefficient (Wildman–Crippen LogP) is 6.97. The largest absolute Gasteiger partial charge is 0.493 e. The minimum absolute atomic E-state index is 0.151. The molecule has 0 unspecified atom stereocenters. The molecule has 2 N–H and O–H groups in total. The van der Waals surface area contributed by atoms with E-state index in [1.165, 1.54) is 35.1 Å². The molecule has 2 heterocycles. The topological polar surface area (TPSA) is 110 Å². The van der Waals surface area contributed by atoms with Gasteiger partial charge >= 0.3 is 12.1 Å².